The molecule has 1 rings (SSSR count). The zero-order valence-electron chi connectivity index (χ0n) is 8.04. The third-order valence-electron chi connectivity index (χ3n) is 1.96. The SMILES string of the molecule is COCC(C(=O)O)c1cc(Br)ccc1F. The van der Waals surface area contributed by atoms with Crippen molar-refractivity contribution in [2.24, 2.45) is 0 Å². The topological polar surface area (TPSA) is 46.5 Å². The van der Waals surface area contributed by atoms with Crippen LogP contribution in [0.25, 0.3) is 0 Å². The van der Waals surface area contributed by atoms with Gasteiger partial charge in [0.2, 0.25) is 0 Å². The number of hydrogen-bond donors (Lipinski definition) is 1. The monoisotopic (exact) mass is 276 g/mol. The van der Waals surface area contributed by atoms with Crippen molar-refractivity contribution in [1.82, 2.24) is 0 Å². The van der Waals surface area contributed by atoms with Crippen molar-refractivity contribution in [2.75, 3.05) is 13.7 Å². The molecule has 1 aromatic rings. The largest absolute Gasteiger partial charge is 0.481 e. The molecule has 0 bridgehead atoms. The van der Waals surface area contributed by atoms with Crippen LogP contribution in [-0.4, -0.2) is 24.8 Å². The smallest absolute Gasteiger partial charge is 0.313 e. The van der Waals surface area contributed by atoms with Crippen LogP contribution in [-0.2, 0) is 9.53 Å². The average Bonchev–Trinajstić information content (AvgIpc) is 2.18. The maximum absolute atomic E-state index is 13.4. The van der Waals surface area contributed by atoms with Gasteiger partial charge in [0.25, 0.3) is 0 Å². The van der Waals surface area contributed by atoms with Crippen molar-refractivity contribution in [3.63, 3.8) is 0 Å². The maximum atomic E-state index is 13.4. The van der Waals surface area contributed by atoms with Crippen molar-refractivity contribution in [2.45, 2.75) is 5.92 Å². The minimum atomic E-state index is -1.10. The summed E-state index contributed by atoms with van der Waals surface area (Å²) in [7, 11) is 1.38. The normalized spacial score (nSPS) is 12.5. The highest BCUT2D eigenvalue weighted by atomic mass is 79.9. The van der Waals surface area contributed by atoms with Crippen molar-refractivity contribution < 1.29 is 19.0 Å². The Kier molecular flexibility index (Phi) is 4.23. The summed E-state index contributed by atoms with van der Waals surface area (Å²) in [6.07, 6.45) is 0. The summed E-state index contributed by atoms with van der Waals surface area (Å²) in [6, 6.07) is 4.20. The molecule has 0 saturated heterocycles. The first-order valence-electron chi connectivity index (χ1n) is 4.23. The van der Waals surface area contributed by atoms with Gasteiger partial charge in [0.15, 0.2) is 0 Å². The number of methoxy groups -OCH3 is 1. The van der Waals surface area contributed by atoms with Gasteiger partial charge in [0.05, 0.1) is 6.61 Å². The highest BCUT2D eigenvalue weighted by Gasteiger charge is 2.23. The molecule has 15 heavy (non-hydrogen) atoms. The Morgan fingerprint density at radius 1 is 1.67 bits per heavy atom. The van der Waals surface area contributed by atoms with Crippen LogP contribution < -0.4 is 0 Å². The van der Waals surface area contributed by atoms with Crippen LogP contribution in [0.5, 0.6) is 0 Å². The molecule has 5 heteroatoms. The average molecular weight is 277 g/mol. The quantitative estimate of drug-likeness (QED) is 0.919. The van der Waals surface area contributed by atoms with Crippen LogP contribution in [0.4, 0.5) is 4.39 Å². The lowest BCUT2D eigenvalue weighted by molar-refractivity contribution is -0.140. The van der Waals surface area contributed by atoms with Crippen LogP contribution >= 0.6 is 15.9 Å². The molecule has 0 aliphatic rings. The van der Waals surface area contributed by atoms with Crippen molar-refractivity contribution in [1.29, 1.82) is 0 Å². The number of ether oxygens (including phenoxy) is 1. The second kappa shape index (κ2) is 5.23. The standard InChI is InChI=1S/C10H10BrFO3/c1-15-5-8(10(13)14)7-4-6(11)2-3-9(7)12/h2-4,8H,5H2,1H3,(H,13,14). The van der Waals surface area contributed by atoms with Gasteiger partial charge in [0, 0.05) is 17.1 Å². The fraction of sp³-hybridized carbons (Fsp3) is 0.300. The number of hydrogen-bond acceptors (Lipinski definition) is 2. The van der Waals surface area contributed by atoms with E-state index in [1.54, 1.807) is 0 Å². The summed E-state index contributed by atoms with van der Waals surface area (Å²) in [5, 5.41) is 8.91. The molecule has 0 heterocycles. The minimum Gasteiger partial charge on any atom is -0.481 e. The summed E-state index contributed by atoms with van der Waals surface area (Å²) in [5.74, 6) is -2.62. The van der Waals surface area contributed by atoms with E-state index in [4.69, 9.17) is 9.84 Å². The molecule has 0 fully saturated rings. The van der Waals surface area contributed by atoms with Crippen LogP contribution in [0.2, 0.25) is 0 Å². The highest BCUT2D eigenvalue weighted by molar-refractivity contribution is 9.10. The molecule has 0 aliphatic carbocycles. The maximum Gasteiger partial charge on any atom is 0.313 e. The third kappa shape index (κ3) is 3.00. The fourth-order valence-electron chi connectivity index (χ4n) is 1.24. The zero-order chi connectivity index (χ0) is 11.4. The van der Waals surface area contributed by atoms with Gasteiger partial charge in [-0.2, -0.15) is 0 Å². The lowest BCUT2D eigenvalue weighted by Crippen LogP contribution is -2.18. The van der Waals surface area contributed by atoms with Gasteiger partial charge in [0.1, 0.15) is 11.7 Å². The van der Waals surface area contributed by atoms with Crippen LogP contribution in [0, 0.1) is 5.82 Å². The first kappa shape index (κ1) is 12.1. The highest BCUT2D eigenvalue weighted by Crippen LogP contribution is 2.23. The predicted molar refractivity (Wildman–Crippen MR) is 56.4 cm³/mol. The summed E-state index contributed by atoms with van der Waals surface area (Å²) in [5.41, 5.74) is 0.124. The van der Waals surface area contributed by atoms with Crippen molar-refractivity contribution >= 4 is 21.9 Å². The fourth-order valence-corrected chi connectivity index (χ4v) is 1.62. The Bertz CT molecular complexity index is 368. The zero-order valence-corrected chi connectivity index (χ0v) is 9.62. The molecule has 1 N–H and O–H groups in total. The number of carbonyl (C=O) groups is 1. The van der Waals surface area contributed by atoms with Crippen LogP contribution in [0.15, 0.2) is 22.7 Å². The van der Waals surface area contributed by atoms with E-state index in [1.807, 2.05) is 0 Å². The third-order valence-corrected chi connectivity index (χ3v) is 2.46. The summed E-state index contributed by atoms with van der Waals surface area (Å²) in [4.78, 5) is 10.9. The first-order chi connectivity index (χ1) is 7.06. The molecular formula is C10H10BrFO3. The molecule has 0 aromatic heterocycles. The Morgan fingerprint density at radius 3 is 2.87 bits per heavy atom. The number of halogens is 2. The van der Waals surface area contributed by atoms with Gasteiger partial charge >= 0.3 is 5.97 Å². The number of benzene rings is 1. The predicted octanol–water partition coefficient (Wildman–Crippen LogP) is 2.40. The number of aliphatic carboxylic acids is 1. The summed E-state index contributed by atoms with van der Waals surface area (Å²) in [6.45, 7) is -0.0529. The van der Waals surface area contributed by atoms with Gasteiger partial charge < -0.3 is 9.84 Å². The Hall–Kier alpha value is -0.940. The van der Waals surface area contributed by atoms with Crippen molar-refractivity contribution in [3.8, 4) is 0 Å². The van der Waals surface area contributed by atoms with Crippen LogP contribution in [0.3, 0.4) is 0 Å². The summed E-state index contributed by atoms with van der Waals surface area (Å²) < 4.78 is 18.8. The molecule has 3 nitrogen and oxygen atoms in total. The molecule has 0 amide bonds. The van der Waals surface area contributed by atoms with E-state index in [1.165, 1.54) is 25.3 Å². The van der Waals surface area contributed by atoms with Gasteiger partial charge in [-0.1, -0.05) is 15.9 Å². The summed E-state index contributed by atoms with van der Waals surface area (Å²) >= 11 is 3.16. The van der Waals surface area contributed by atoms with Crippen LogP contribution in [0.1, 0.15) is 11.5 Å². The molecule has 0 radical (unpaired) electrons. The van der Waals surface area contributed by atoms with E-state index >= 15 is 0 Å². The van der Waals surface area contributed by atoms with E-state index in [0.29, 0.717) is 4.47 Å². The molecule has 0 spiro atoms. The van der Waals surface area contributed by atoms with E-state index in [9.17, 15) is 9.18 Å². The Labute approximate surface area is 95.0 Å². The number of carboxylic acid groups (broad SMARTS) is 1. The van der Waals surface area contributed by atoms with Gasteiger partial charge in [-0.05, 0) is 18.2 Å². The van der Waals surface area contributed by atoms with Gasteiger partial charge in [-0.15, -0.1) is 0 Å². The van der Waals surface area contributed by atoms with E-state index in [2.05, 4.69) is 15.9 Å². The molecule has 1 unspecified atom stereocenters. The minimum absolute atomic E-state index is 0.0529. The van der Waals surface area contributed by atoms with E-state index < -0.39 is 17.7 Å². The molecule has 0 aliphatic heterocycles. The molecule has 1 aromatic carbocycles. The van der Waals surface area contributed by atoms with E-state index in [-0.39, 0.29) is 12.2 Å². The van der Waals surface area contributed by atoms with Crippen molar-refractivity contribution in [3.05, 3.63) is 34.1 Å². The molecule has 0 saturated carbocycles. The van der Waals surface area contributed by atoms with E-state index in [0.717, 1.165) is 0 Å². The lowest BCUT2D eigenvalue weighted by atomic mass is 10.00. The molecule has 82 valence electrons. The number of carboxylic acids is 1. The second-order valence-electron chi connectivity index (χ2n) is 3.01. The number of rotatable bonds is 4. The molecule has 1 atom stereocenters. The first-order valence-corrected chi connectivity index (χ1v) is 5.02. The second-order valence-corrected chi connectivity index (χ2v) is 3.93. The Balaban J connectivity index is 3.09. The Morgan fingerprint density at radius 2 is 2.33 bits per heavy atom. The molecular weight excluding hydrogens is 267 g/mol. The van der Waals surface area contributed by atoms with Gasteiger partial charge in [-0.3, -0.25) is 4.79 Å². The lowest BCUT2D eigenvalue weighted by Gasteiger charge is -2.12. The van der Waals surface area contributed by atoms with Gasteiger partial charge in [-0.25, -0.2) is 4.39 Å².